The van der Waals surface area contributed by atoms with E-state index in [4.69, 9.17) is 4.74 Å². The number of ether oxygens (including phenoxy) is 1. The lowest BCUT2D eigenvalue weighted by Gasteiger charge is -2.29. The molecule has 0 atom stereocenters. The standard InChI is InChI=1S/C23H25B3FN3O3/c1-22(2,32)10-9-14-5-3-7-17-15(14)13-33-12-11-29(17)20-19-16(27)6-4-8-18(19)30(21(31)28-20)23(24,25)26/h3-8,32H,11-13,24-26H2,1-2H3. The first-order valence-electron chi connectivity index (χ1n) is 10.9. The Morgan fingerprint density at radius 3 is 2.61 bits per heavy atom. The third kappa shape index (κ3) is 4.57. The summed E-state index contributed by atoms with van der Waals surface area (Å²) in [5.74, 6) is 5.68. The van der Waals surface area contributed by atoms with Gasteiger partial charge in [0, 0.05) is 23.4 Å². The molecule has 0 spiro atoms. The van der Waals surface area contributed by atoms with E-state index in [1.807, 2.05) is 46.6 Å². The van der Waals surface area contributed by atoms with Gasteiger partial charge in [0.15, 0.2) is 5.82 Å². The Hall–Kier alpha value is -3.02. The van der Waals surface area contributed by atoms with Gasteiger partial charge in [-0.1, -0.05) is 24.0 Å². The SMILES string of the molecule is BC(B)(B)n1c(=O)nc(N2CCOCc3c(C#CC(C)(C)O)cccc32)c2c(F)cccc21. The van der Waals surface area contributed by atoms with Crippen molar-refractivity contribution in [3.8, 4) is 11.8 Å². The van der Waals surface area contributed by atoms with Gasteiger partial charge >= 0.3 is 5.69 Å². The molecule has 0 saturated carbocycles. The fourth-order valence-corrected chi connectivity index (χ4v) is 4.05. The molecule has 0 unspecified atom stereocenters. The summed E-state index contributed by atoms with van der Waals surface area (Å²) in [6.45, 7) is 4.31. The Morgan fingerprint density at radius 2 is 1.91 bits per heavy atom. The molecule has 3 aromatic rings. The number of hydrogen-bond acceptors (Lipinski definition) is 5. The zero-order valence-corrected chi connectivity index (χ0v) is 19.6. The average molecular weight is 443 g/mol. The topological polar surface area (TPSA) is 67.6 Å². The van der Waals surface area contributed by atoms with Gasteiger partial charge in [0.2, 0.25) is 0 Å². The van der Waals surface area contributed by atoms with Crippen molar-refractivity contribution >= 4 is 45.9 Å². The highest BCUT2D eigenvalue weighted by molar-refractivity contribution is 6.56. The van der Waals surface area contributed by atoms with Crippen LogP contribution >= 0.6 is 0 Å². The van der Waals surface area contributed by atoms with Crippen LogP contribution < -0.4 is 10.6 Å². The molecular formula is C23H25B3FN3O3. The monoisotopic (exact) mass is 443 g/mol. The number of aromatic nitrogens is 2. The van der Waals surface area contributed by atoms with Crippen LogP contribution in [0.2, 0.25) is 0 Å². The lowest BCUT2D eigenvalue weighted by molar-refractivity contribution is 0.133. The van der Waals surface area contributed by atoms with Gasteiger partial charge in [-0.25, -0.2) is 9.18 Å². The molecule has 2 heterocycles. The summed E-state index contributed by atoms with van der Waals surface area (Å²) in [7, 11) is 5.67. The Bertz CT molecular complexity index is 1350. The van der Waals surface area contributed by atoms with Gasteiger partial charge in [0.1, 0.15) is 35.0 Å². The number of halogens is 1. The second-order valence-corrected chi connectivity index (χ2v) is 9.67. The molecule has 1 aromatic heterocycles. The van der Waals surface area contributed by atoms with Crippen LogP contribution in [0.4, 0.5) is 15.9 Å². The normalized spacial score (nSPS) is 14.4. The van der Waals surface area contributed by atoms with Gasteiger partial charge in [-0.15, -0.1) is 0 Å². The maximum atomic E-state index is 15.2. The van der Waals surface area contributed by atoms with Crippen molar-refractivity contribution in [2.75, 3.05) is 18.1 Å². The van der Waals surface area contributed by atoms with E-state index >= 15 is 4.39 Å². The van der Waals surface area contributed by atoms with Crippen LogP contribution in [0.5, 0.6) is 0 Å². The summed E-state index contributed by atoms with van der Waals surface area (Å²) in [5, 5.41) is 9.75. The van der Waals surface area contributed by atoms with Crippen molar-refractivity contribution in [3.05, 3.63) is 63.8 Å². The summed E-state index contributed by atoms with van der Waals surface area (Å²) in [6.07, 6.45) is 0. The fraction of sp³-hybridized carbons (Fsp3) is 0.304. The fourth-order valence-electron chi connectivity index (χ4n) is 4.05. The molecule has 2 aromatic carbocycles. The molecule has 4 rings (SSSR count). The smallest absolute Gasteiger partial charge is 0.348 e. The Labute approximate surface area is 195 Å². The number of benzene rings is 2. The summed E-state index contributed by atoms with van der Waals surface area (Å²) < 4.78 is 22.6. The Morgan fingerprint density at radius 1 is 1.18 bits per heavy atom. The van der Waals surface area contributed by atoms with Crippen LogP contribution in [0.1, 0.15) is 25.0 Å². The summed E-state index contributed by atoms with van der Waals surface area (Å²) in [6, 6.07) is 10.3. The van der Waals surface area contributed by atoms with E-state index in [0.717, 1.165) is 11.3 Å². The largest absolute Gasteiger partial charge is 0.378 e. The van der Waals surface area contributed by atoms with Crippen molar-refractivity contribution in [1.82, 2.24) is 9.55 Å². The highest BCUT2D eigenvalue weighted by Crippen LogP contribution is 2.36. The maximum absolute atomic E-state index is 15.2. The van der Waals surface area contributed by atoms with Crippen LogP contribution in [-0.2, 0) is 16.6 Å². The first kappa shape index (κ1) is 23.2. The van der Waals surface area contributed by atoms with E-state index in [0.29, 0.717) is 30.8 Å². The highest BCUT2D eigenvalue weighted by atomic mass is 19.1. The predicted molar refractivity (Wildman–Crippen MR) is 136 cm³/mol. The van der Waals surface area contributed by atoms with Crippen LogP contribution in [-0.4, -0.2) is 56.9 Å². The van der Waals surface area contributed by atoms with Crippen LogP contribution in [0.25, 0.3) is 10.9 Å². The second-order valence-electron chi connectivity index (χ2n) is 9.67. The molecule has 0 fully saturated rings. The third-order valence-corrected chi connectivity index (χ3v) is 5.43. The van der Waals surface area contributed by atoms with E-state index in [2.05, 4.69) is 16.8 Å². The van der Waals surface area contributed by atoms with Crippen LogP contribution in [0, 0.1) is 17.7 Å². The number of rotatable bonds is 2. The average Bonchev–Trinajstić information content (AvgIpc) is 2.93. The van der Waals surface area contributed by atoms with Crippen molar-refractivity contribution in [2.24, 2.45) is 0 Å². The predicted octanol–water partition coefficient (Wildman–Crippen LogP) is -0.207. The number of hydrogen-bond donors (Lipinski definition) is 1. The Kier molecular flexibility index (Phi) is 5.89. The Balaban J connectivity index is 2.00. The first-order valence-corrected chi connectivity index (χ1v) is 10.9. The molecule has 1 aliphatic rings. The molecule has 1 N–H and O–H groups in total. The summed E-state index contributed by atoms with van der Waals surface area (Å²) in [5.41, 5.74) is 1.15. The number of fused-ring (bicyclic) bond motifs is 2. The van der Waals surface area contributed by atoms with Gasteiger partial charge in [-0.05, 0) is 43.3 Å². The lowest BCUT2D eigenvalue weighted by Crippen LogP contribution is -2.44. The van der Waals surface area contributed by atoms with E-state index in [-0.39, 0.29) is 11.2 Å². The molecule has 10 heteroatoms. The van der Waals surface area contributed by atoms with Crippen molar-refractivity contribution in [2.45, 2.75) is 31.3 Å². The van der Waals surface area contributed by atoms with Crippen LogP contribution in [0.15, 0.2) is 41.2 Å². The van der Waals surface area contributed by atoms with E-state index in [9.17, 15) is 9.90 Å². The lowest BCUT2D eigenvalue weighted by atomic mass is 9.49. The van der Waals surface area contributed by atoms with Crippen LogP contribution in [0.3, 0.4) is 0 Å². The van der Waals surface area contributed by atoms with E-state index in [1.54, 1.807) is 26.0 Å². The minimum atomic E-state index is -1.15. The number of nitrogens with zero attached hydrogens (tertiary/aromatic N) is 3. The number of aliphatic hydroxyl groups is 1. The number of anilines is 2. The molecule has 6 nitrogen and oxygen atoms in total. The van der Waals surface area contributed by atoms with E-state index < -0.39 is 22.3 Å². The van der Waals surface area contributed by atoms with E-state index in [1.165, 1.54) is 10.6 Å². The molecule has 0 aliphatic carbocycles. The molecule has 33 heavy (non-hydrogen) atoms. The van der Waals surface area contributed by atoms with Gasteiger partial charge in [-0.2, -0.15) is 4.98 Å². The highest BCUT2D eigenvalue weighted by Gasteiger charge is 2.27. The van der Waals surface area contributed by atoms with Gasteiger partial charge in [-0.3, -0.25) is 0 Å². The molecule has 0 bridgehead atoms. The molecule has 0 saturated heterocycles. The third-order valence-electron chi connectivity index (χ3n) is 5.43. The second kappa shape index (κ2) is 8.40. The summed E-state index contributed by atoms with van der Waals surface area (Å²) in [4.78, 5) is 19.4. The molecule has 0 radical (unpaired) electrons. The zero-order chi connectivity index (χ0) is 24.0. The van der Waals surface area contributed by atoms with Crippen molar-refractivity contribution < 1.29 is 14.2 Å². The minimum absolute atomic E-state index is 0.257. The van der Waals surface area contributed by atoms with Crippen molar-refractivity contribution in [3.63, 3.8) is 0 Å². The van der Waals surface area contributed by atoms with Gasteiger partial charge < -0.3 is 19.3 Å². The molecule has 1 aliphatic heterocycles. The minimum Gasteiger partial charge on any atom is -0.378 e. The van der Waals surface area contributed by atoms with Gasteiger partial charge in [0.25, 0.3) is 0 Å². The zero-order valence-electron chi connectivity index (χ0n) is 19.6. The summed E-state index contributed by atoms with van der Waals surface area (Å²) >= 11 is 0. The van der Waals surface area contributed by atoms with Gasteiger partial charge in [0.05, 0.1) is 24.1 Å². The quantitative estimate of drug-likeness (QED) is 0.439. The first-order chi connectivity index (χ1) is 15.5. The molecule has 166 valence electrons. The van der Waals surface area contributed by atoms with Crippen molar-refractivity contribution in [1.29, 1.82) is 0 Å². The molecule has 0 amide bonds. The molecular weight excluding hydrogens is 418 g/mol. The maximum Gasteiger partial charge on any atom is 0.348 e.